The maximum absolute atomic E-state index is 9.39. The molecule has 1 N–H and O–H groups in total. The molecule has 0 aliphatic carbocycles. The molecule has 0 fully saturated rings. The number of quaternary nitrogens is 1. The van der Waals surface area contributed by atoms with Crippen molar-refractivity contribution in [3.8, 4) is 0 Å². The topological polar surface area (TPSA) is 32.6 Å². The summed E-state index contributed by atoms with van der Waals surface area (Å²) >= 11 is 0. The fraction of sp³-hybridized carbons (Fsp3) is 0.889. The predicted octanol–water partition coefficient (Wildman–Crippen LogP) is 7.44. The standard InChI is InChI=1S/C27H53N2O/c1-3-5-6-7-8-9-10-11-12-13-14-15-16-17-18-19-20-21-22-27-28-23-24-29(27,4-2)25-26-30/h10-11,30H,3-9,12-26H2,1-2H3/q+1/b11-10+. The lowest BCUT2D eigenvalue weighted by Crippen LogP contribution is -2.52. The highest BCUT2D eigenvalue weighted by Crippen LogP contribution is 2.20. The minimum atomic E-state index is 0.280. The van der Waals surface area contributed by atoms with Crippen LogP contribution in [0.3, 0.4) is 0 Å². The summed E-state index contributed by atoms with van der Waals surface area (Å²) in [5.74, 6) is 1.36. The second-order valence-corrected chi connectivity index (χ2v) is 9.33. The number of amidine groups is 1. The lowest BCUT2D eigenvalue weighted by atomic mass is 10.0. The molecule has 3 heteroatoms. The fourth-order valence-electron chi connectivity index (χ4n) is 4.78. The van der Waals surface area contributed by atoms with Gasteiger partial charge in [0.25, 0.3) is 0 Å². The Labute approximate surface area is 188 Å². The zero-order valence-electron chi connectivity index (χ0n) is 20.6. The lowest BCUT2D eigenvalue weighted by molar-refractivity contribution is -0.835. The molecule has 0 amide bonds. The normalized spacial score (nSPS) is 19.1. The first-order chi connectivity index (χ1) is 14.8. The van der Waals surface area contributed by atoms with Crippen LogP contribution in [0.5, 0.6) is 0 Å². The van der Waals surface area contributed by atoms with Crippen LogP contribution >= 0.6 is 0 Å². The number of allylic oxidation sites excluding steroid dienone is 2. The van der Waals surface area contributed by atoms with E-state index in [1.54, 1.807) is 0 Å². The highest BCUT2D eigenvalue weighted by molar-refractivity contribution is 5.76. The van der Waals surface area contributed by atoms with Crippen LogP contribution < -0.4 is 0 Å². The minimum absolute atomic E-state index is 0.280. The molecule has 1 atom stereocenters. The van der Waals surface area contributed by atoms with Gasteiger partial charge in [0.1, 0.15) is 13.1 Å². The molecule has 0 saturated heterocycles. The summed E-state index contributed by atoms with van der Waals surface area (Å²) in [4.78, 5) is 4.77. The van der Waals surface area contributed by atoms with Gasteiger partial charge in [-0.1, -0.05) is 89.7 Å². The molecule has 0 aromatic heterocycles. The number of rotatable bonds is 21. The molecule has 1 heterocycles. The van der Waals surface area contributed by atoms with Crippen LogP contribution in [0.1, 0.15) is 123 Å². The van der Waals surface area contributed by atoms with Crippen molar-refractivity contribution in [2.24, 2.45) is 4.99 Å². The molecule has 1 aliphatic rings. The lowest BCUT2D eigenvalue weighted by Gasteiger charge is -2.33. The van der Waals surface area contributed by atoms with E-state index in [0.717, 1.165) is 37.1 Å². The van der Waals surface area contributed by atoms with Crippen molar-refractivity contribution < 1.29 is 9.59 Å². The van der Waals surface area contributed by atoms with Gasteiger partial charge in [-0.25, -0.2) is 4.99 Å². The molecule has 176 valence electrons. The van der Waals surface area contributed by atoms with Gasteiger partial charge in [0.05, 0.1) is 19.7 Å². The second-order valence-electron chi connectivity index (χ2n) is 9.33. The molecule has 0 saturated carbocycles. The molecule has 0 radical (unpaired) electrons. The maximum atomic E-state index is 9.39. The van der Waals surface area contributed by atoms with E-state index >= 15 is 0 Å². The third-order valence-electron chi connectivity index (χ3n) is 6.92. The smallest absolute Gasteiger partial charge is 0.198 e. The van der Waals surface area contributed by atoms with Crippen molar-refractivity contribution in [1.29, 1.82) is 0 Å². The van der Waals surface area contributed by atoms with E-state index < -0.39 is 0 Å². The van der Waals surface area contributed by atoms with Gasteiger partial charge in [-0.2, -0.15) is 0 Å². The molecule has 0 aromatic rings. The van der Waals surface area contributed by atoms with Gasteiger partial charge in [-0.15, -0.1) is 0 Å². The second kappa shape index (κ2) is 19.0. The molecule has 0 bridgehead atoms. The molecule has 1 unspecified atom stereocenters. The molecular formula is C27H53N2O+. The number of hydrogen-bond donors (Lipinski definition) is 1. The van der Waals surface area contributed by atoms with Crippen molar-refractivity contribution in [3.63, 3.8) is 0 Å². The number of aliphatic hydroxyl groups excluding tert-OH is 1. The van der Waals surface area contributed by atoms with E-state index in [-0.39, 0.29) is 6.61 Å². The number of aliphatic hydroxyl groups is 1. The number of unbranched alkanes of at least 4 members (excludes halogenated alkanes) is 14. The fourth-order valence-corrected chi connectivity index (χ4v) is 4.78. The minimum Gasteiger partial charge on any atom is -0.390 e. The van der Waals surface area contributed by atoms with Crippen LogP contribution in [0.2, 0.25) is 0 Å². The molecular weight excluding hydrogens is 368 g/mol. The van der Waals surface area contributed by atoms with Gasteiger partial charge >= 0.3 is 0 Å². The molecule has 0 aromatic carbocycles. The molecule has 1 aliphatic heterocycles. The van der Waals surface area contributed by atoms with Crippen LogP contribution in [-0.2, 0) is 0 Å². The summed E-state index contributed by atoms with van der Waals surface area (Å²) in [6.45, 7) is 8.78. The molecule has 3 nitrogen and oxygen atoms in total. The van der Waals surface area contributed by atoms with Crippen molar-refractivity contribution >= 4 is 5.84 Å². The number of aliphatic imine (C=N–C) groups is 1. The van der Waals surface area contributed by atoms with Crippen molar-refractivity contribution in [2.45, 2.75) is 123 Å². The van der Waals surface area contributed by atoms with Crippen molar-refractivity contribution in [3.05, 3.63) is 12.2 Å². The average Bonchev–Trinajstić information content (AvgIpc) is 3.16. The monoisotopic (exact) mass is 421 g/mol. The predicted molar refractivity (Wildman–Crippen MR) is 133 cm³/mol. The number of nitrogens with zero attached hydrogens (tertiary/aromatic N) is 2. The Morgan fingerprint density at radius 2 is 1.30 bits per heavy atom. The van der Waals surface area contributed by atoms with Crippen LogP contribution in [0.4, 0.5) is 0 Å². The quantitative estimate of drug-likeness (QED) is 0.117. The van der Waals surface area contributed by atoms with Crippen LogP contribution in [0, 0.1) is 0 Å². The van der Waals surface area contributed by atoms with Gasteiger partial charge in [-0.05, 0) is 39.0 Å². The first-order valence-corrected chi connectivity index (χ1v) is 13.4. The van der Waals surface area contributed by atoms with Gasteiger partial charge in [0.2, 0.25) is 0 Å². The van der Waals surface area contributed by atoms with E-state index in [1.807, 2.05) is 0 Å². The van der Waals surface area contributed by atoms with Gasteiger partial charge in [0, 0.05) is 6.42 Å². The third-order valence-corrected chi connectivity index (χ3v) is 6.92. The van der Waals surface area contributed by atoms with Crippen molar-refractivity contribution in [1.82, 2.24) is 0 Å². The van der Waals surface area contributed by atoms with Crippen LogP contribution in [0.25, 0.3) is 0 Å². The van der Waals surface area contributed by atoms with E-state index in [2.05, 4.69) is 26.0 Å². The Morgan fingerprint density at radius 3 is 1.83 bits per heavy atom. The van der Waals surface area contributed by atoms with E-state index in [9.17, 15) is 5.11 Å². The summed E-state index contributed by atoms with van der Waals surface area (Å²) in [5, 5.41) is 9.39. The summed E-state index contributed by atoms with van der Waals surface area (Å²) in [7, 11) is 0. The zero-order chi connectivity index (χ0) is 21.8. The SMILES string of the molecule is CCCCCCC/C=C/CCCCCCCCCCCC1=NCC[N+]1(CC)CCO. The third kappa shape index (κ3) is 12.2. The Bertz CT molecular complexity index is 446. The summed E-state index contributed by atoms with van der Waals surface area (Å²) in [6.07, 6.45) is 27.9. The van der Waals surface area contributed by atoms with Crippen molar-refractivity contribution in [2.75, 3.05) is 32.8 Å². The Morgan fingerprint density at radius 1 is 0.767 bits per heavy atom. The number of hydrogen-bond acceptors (Lipinski definition) is 2. The highest BCUT2D eigenvalue weighted by atomic mass is 16.3. The van der Waals surface area contributed by atoms with E-state index in [4.69, 9.17) is 4.99 Å². The largest absolute Gasteiger partial charge is 0.390 e. The zero-order valence-corrected chi connectivity index (χ0v) is 20.6. The maximum Gasteiger partial charge on any atom is 0.198 e. The van der Waals surface area contributed by atoms with Gasteiger partial charge in [0.15, 0.2) is 5.84 Å². The Kier molecular flexibility index (Phi) is 17.4. The molecule has 1 rings (SSSR count). The molecule has 0 spiro atoms. The Balaban J connectivity index is 1.86. The summed E-state index contributed by atoms with van der Waals surface area (Å²) in [6, 6.07) is 0. The first kappa shape index (κ1) is 27.4. The van der Waals surface area contributed by atoms with E-state index in [1.165, 1.54) is 109 Å². The average molecular weight is 422 g/mol. The molecule has 30 heavy (non-hydrogen) atoms. The van der Waals surface area contributed by atoms with Crippen LogP contribution in [-0.4, -0.2) is 48.2 Å². The first-order valence-electron chi connectivity index (χ1n) is 13.4. The van der Waals surface area contributed by atoms with Gasteiger partial charge < -0.3 is 5.11 Å². The number of likely N-dealkylation sites (N-methyl/N-ethyl adjacent to an activating group) is 1. The Hall–Kier alpha value is -0.670. The van der Waals surface area contributed by atoms with E-state index in [0.29, 0.717) is 0 Å². The highest BCUT2D eigenvalue weighted by Gasteiger charge is 2.35. The van der Waals surface area contributed by atoms with Crippen LogP contribution in [0.15, 0.2) is 17.1 Å². The summed E-state index contributed by atoms with van der Waals surface area (Å²) < 4.78 is 0.949. The van der Waals surface area contributed by atoms with Gasteiger partial charge in [-0.3, -0.25) is 4.48 Å². The summed E-state index contributed by atoms with van der Waals surface area (Å²) in [5.41, 5.74) is 0.